The first-order chi connectivity index (χ1) is 8.24. The Bertz CT molecular complexity index is 341. The zero-order chi connectivity index (χ0) is 12.7. The van der Waals surface area contributed by atoms with Crippen molar-refractivity contribution < 1.29 is 14.6 Å². The number of hydrogen-bond donors (Lipinski definition) is 1. The molecule has 0 aliphatic rings. The smallest absolute Gasteiger partial charge is 0.127 e. The van der Waals surface area contributed by atoms with Gasteiger partial charge < -0.3 is 14.6 Å². The maximum absolute atomic E-state index is 8.96. The minimum Gasteiger partial charge on any atom is -0.497 e. The number of hydrogen-bond acceptors (Lipinski definition) is 4. The van der Waals surface area contributed by atoms with Crippen LogP contribution >= 0.6 is 0 Å². The number of ether oxygens (including phenoxy) is 2. The average molecular weight is 239 g/mol. The van der Waals surface area contributed by atoms with E-state index in [-0.39, 0.29) is 6.61 Å². The Labute approximate surface area is 103 Å². The van der Waals surface area contributed by atoms with E-state index in [0.29, 0.717) is 6.54 Å². The van der Waals surface area contributed by atoms with E-state index in [2.05, 4.69) is 11.8 Å². The predicted octanol–water partition coefficient (Wildman–Crippen LogP) is 1.52. The Kier molecular flexibility index (Phi) is 5.80. The van der Waals surface area contributed by atoms with Crippen molar-refractivity contribution in [3.63, 3.8) is 0 Å². The molecule has 1 aromatic rings. The van der Waals surface area contributed by atoms with E-state index in [1.165, 1.54) is 0 Å². The molecular formula is C13H21NO3. The number of rotatable bonds is 7. The molecule has 0 heterocycles. The van der Waals surface area contributed by atoms with Crippen molar-refractivity contribution in [3.05, 3.63) is 23.8 Å². The lowest BCUT2D eigenvalue weighted by atomic mass is 10.1. The van der Waals surface area contributed by atoms with Crippen LogP contribution in [0.5, 0.6) is 11.5 Å². The van der Waals surface area contributed by atoms with Crippen LogP contribution in [0.1, 0.15) is 12.5 Å². The average Bonchev–Trinajstić information content (AvgIpc) is 2.38. The fraction of sp³-hybridized carbons (Fsp3) is 0.538. The van der Waals surface area contributed by atoms with Crippen molar-refractivity contribution in [2.45, 2.75) is 13.5 Å². The summed E-state index contributed by atoms with van der Waals surface area (Å²) in [6.45, 7) is 4.59. The molecule has 0 aliphatic heterocycles. The highest BCUT2D eigenvalue weighted by Crippen LogP contribution is 2.25. The molecule has 0 amide bonds. The van der Waals surface area contributed by atoms with Crippen LogP contribution in [-0.4, -0.2) is 43.9 Å². The number of likely N-dealkylation sites (N-methyl/N-ethyl adjacent to an activating group) is 1. The predicted molar refractivity (Wildman–Crippen MR) is 67.6 cm³/mol. The van der Waals surface area contributed by atoms with E-state index in [1.54, 1.807) is 14.2 Å². The third-order valence-corrected chi connectivity index (χ3v) is 2.75. The monoisotopic (exact) mass is 239 g/mol. The normalized spacial score (nSPS) is 10.6. The fourth-order valence-corrected chi connectivity index (χ4v) is 1.71. The molecule has 0 spiro atoms. The van der Waals surface area contributed by atoms with E-state index in [4.69, 9.17) is 14.6 Å². The molecule has 17 heavy (non-hydrogen) atoms. The highest BCUT2D eigenvalue weighted by molar-refractivity contribution is 5.40. The Morgan fingerprint density at radius 1 is 1.24 bits per heavy atom. The zero-order valence-corrected chi connectivity index (χ0v) is 10.8. The molecule has 1 rings (SSSR count). The fourth-order valence-electron chi connectivity index (χ4n) is 1.71. The topological polar surface area (TPSA) is 41.9 Å². The number of benzene rings is 1. The molecule has 0 saturated carbocycles. The largest absolute Gasteiger partial charge is 0.497 e. The Hall–Kier alpha value is -1.26. The molecule has 0 aliphatic carbocycles. The minimum atomic E-state index is 0.173. The molecule has 0 atom stereocenters. The highest BCUT2D eigenvalue weighted by atomic mass is 16.5. The number of methoxy groups -OCH3 is 2. The number of aliphatic hydroxyl groups is 1. The van der Waals surface area contributed by atoms with Gasteiger partial charge in [0.25, 0.3) is 0 Å². The summed E-state index contributed by atoms with van der Waals surface area (Å²) in [4.78, 5) is 2.16. The molecular weight excluding hydrogens is 218 g/mol. The van der Waals surface area contributed by atoms with Crippen molar-refractivity contribution in [2.75, 3.05) is 33.9 Å². The molecule has 0 unspecified atom stereocenters. The van der Waals surface area contributed by atoms with Crippen LogP contribution in [0.3, 0.4) is 0 Å². The third kappa shape index (κ3) is 3.91. The maximum atomic E-state index is 8.96. The van der Waals surface area contributed by atoms with Crippen LogP contribution in [0.25, 0.3) is 0 Å². The molecule has 4 nitrogen and oxygen atoms in total. The molecule has 0 bridgehead atoms. The summed E-state index contributed by atoms with van der Waals surface area (Å²) in [5, 5.41) is 8.96. The maximum Gasteiger partial charge on any atom is 0.127 e. The van der Waals surface area contributed by atoms with Gasteiger partial charge in [0.2, 0.25) is 0 Å². The van der Waals surface area contributed by atoms with Crippen LogP contribution in [0.4, 0.5) is 0 Å². The van der Waals surface area contributed by atoms with Crippen LogP contribution in [0, 0.1) is 0 Å². The molecule has 0 fully saturated rings. The molecule has 4 heteroatoms. The van der Waals surface area contributed by atoms with Gasteiger partial charge in [0.15, 0.2) is 0 Å². The highest BCUT2D eigenvalue weighted by Gasteiger charge is 2.09. The van der Waals surface area contributed by atoms with Gasteiger partial charge in [0.1, 0.15) is 11.5 Å². The summed E-state index contributed by atoms with van der Waals surface area (Å²) >= 11 is 0. The number of nitrogens with zero attached hydrogens (tertiary/aromatic N) is 1. The Balaban J connectivity index is 2.81. The molecule has 1 aromatic carbocycles. The van der Waals surface area contributed by atoms with Gasteiger partial charge in [-0.3, -0.25) is 4.90 Å². The van der Waals surface area contributed by atoms with Gasteiger partial charge in [0, 0.05) is 24.7 Å². The second-order valence-corrected chi connectivity index (χ2v) is 3.77. The third-order valence-electron chi connectivity index (χ3n) is 2.75. The zero-order valence-electron chi connectivity index (χ0n) is 10.8. The molecule has 1 N–H and O–H groups in total. The van der Waals surface area contributed by atoms with Gasteiger partial charge in [-0.1, -0.05) is 13.0 Å². The number of aliphatic hydroxyl groups excluding tert-OH is 1. The SMILES string of the molecule is CCN(CCO)Cc1ccc(OC)cc1OC. The molecule has 0 radical (unpaired) electrons. The lowest BCUT2D eigenvalue weighted by molar-refractivity contribution is 0.195. The van der Waals surface area contributed by atoms with Crippen molar-refractivity contribution >= 4 is 0 Å². The minimum absolute atomic E-state index is 0.173. The van der Waals surface area contributed by atoms with Crippen molar-refractivity contribution in [3.8, 4) is 11.5 Å². The molecule has 0 saturated heterocycles. The van der Waals surface area contributed by atoms with E-state index in [9.17, 15) is 0 Å². The van der Waals surface area contributed by atoms with Gasteiger partial charge in [0.05, 0.1) is 20.8 Å². The summed E-state index contributed by atoms with van der Waals surface area (Å²) in [5.41, 5.74) is 1.10. The molecule has 96 valence electrons. The lowest BCUT2D eigenvalue weighted by Gasteiger charge is -2.20. The van der Waals surface area contributed by atoms with E-state index >= 15 is 0 Å². The summed E-state index contributed by atoms with van der Waals surface area (Å²) in [7, 11) is 3.29. The van der Waals surface area contributed by atoms with E-state index in [0.717, 1.165) is 30.2 Å². The standard InChI is InChI=1S/C13H21NO3/c1-4-14(7-8-15)10-11-5-6-12(16-2)9-13(11)17-3/h5-6,9,15H,4,7-8,10H2,1-3H3. The van der Waals surface area contributed by atoms with Crippen molar-refractivity contribution in [1.82, 2.24) is 4.90 Å². The van der Waals surface area contributed by atoms with E-state index in [1.807, 2.05) is 18.2 Å². The van der Waals surface area contributed by atoms with Crippen molar-refractivity contribution in [2.24, 2.45) is 0 Å². The van der Waals surface area contributed by atoms with Crippen molar-refractivity contribution in [1.29, 1.82) is 0 Å². The summed E-state index contributed by atoms with van der Waals surface area (Å²) in [6.07, 6.45) is 0. The van der Waals surface area contributed by atoms with E-state index < -0.39 is 0 Å². The first kappa shape index (κ1) is 13.8. The van der Waals surface area contributed by atoms with Crippen LogP contribution in [0.15, 0.2) is 18.2 Å². The second-order valence-electron chi connectivity index (χ2n) is 3.77. The van der Waals surface area contributed by atoms with Gasteiger partial charge in [-0.25, -0.2) is 0 Å². The van der Waals surface area contributed by atoms with Crippen LogP contribution < -0.4 is 9.47 Å². The van der Waals surface area contributed by atoms with Gasteiger partial charge in [-0.05, 0) is 12.6 Å². The lowest BCUT2D eigenvalue weighted by Crippen LogP contribution is -2.26. The quantitative estimate of drug-likeness (QED) is 0.783. The van der Waals surface area contributed by atoms with Crippen LogP contribution in [-0.2, 0) is 6.54 Å². The Morgan fingerprint density at radius 3 is 2.53 bits per heavy atom. The summed E-state index contributed by atoms with van der Waals surface area (Å²) in [6, 6.07) is 5.80. The Morgan fingerprint density at radius 2 is 2.00 bits per heavy atom. The van der Waals surface area contributed by atoms with Gasteiger partial charge in [-0.15, -0.1) is 0 Å². The summed E-state index contributed by atoms with van der Waals surface area (Å²) in [5.74, 6) is 1.61. The molecule has 0 aromatic heterocycles. The van der Waals surface area contributed by atoms with Gasteiger partial charge >= 0.3 is 0 Å². The first-order valence-corrected chi connectivity index (χ1v) is 5.79. The first-order valence-electron chi connectivity index (χ1n) is 5.79. The van der Waals surface area contributed by atoms with Crippen LogP contribution in [0.2, 0.25) is 0 Å². The summed E-state index contributed by atoms with van der Waals surface area (Å²) < 4.78 is 10.5. The van der Waals surface area contributed by atoms with Gasteiger partial charge in [-0.2, -0.15) is 0 Å². The second kappa shape index (κ2) is 7.14.